The second-order valence-corrected chi connectivity index (χ2v) is 9.90. The van der Waals surface area contributed by atoms with E-state index >= 15 is 0 Å². The largest absolute Gasteiger partial charge is 0.484 e. The molecule has 34 heavy (non-hydrogen) atoms. The molecule has 1 heterocycles. The van der Waals surface area contributed by atoms with Crippen molar-refractivity contribution in [1.29, 1.82) is 0 Å². The van der Waals surface area contributed by atoms with Crippen LogP contribution in [-0.2, 0) is 9.59 Å². The molecular weight excluding hydrogens is 511 g/mol. The van der Waals surface area contributed by atoms with Gasteiger partial charge in [0, 0.05) is 5.02 Å². The number of aryl methyl sites for hydroxylation is 1. The van der Waals surface area contributed by atoms with E-state index in [0.717, 1.165) is 16.8 Å². The van der Waals surface area contributed by atoms with Gasteiger partial charge in [0.2, 0.25) is 0 Å². The van der Waals surface area contributed by atoms with Gasteiger partial charge in [-0.05, 0) is 61.0 Å². The lowest BCUT2D eigenvalue weighted by atomic mass is 10.2. The number of amides is 2. The van der Waals surface area contributed by atoms with Crippen LogP contribution in [0.1, 0.15) is 11.1 Å². The average molecular weight is 529 g/mol. The fourth-order valence-electron chi connectivity index (χ4n) is 3.12. The Morgan fingerprint density at radius 2 is 1.79 bits per heavy atom. The fourth-order valence-corrected chi connectivity index (χ4v) is 4.88. The molecule has 1 aliphatic rings. The number of benzene rings is 3. The van der Waals surface area contributed by atoms with Crippen molar-refractivity contribution in [1.82, 2.24) is 0 Å². The number of thioether (sulfide) groups is 1. The highest BCUT2D eigenvalue weighted by Crippen LogP contribution is 2.36. The summed E-state index contributed by atoms with van der Waals surface area (Å²) in [6.07, 6.45) is 1.78. The molecule has 5 nitrogen and oxygen atoms in total. The van der Waals surface area contributed by atoms with Crippen molar-refractivity contribution in [2.24, 2.45) is 0 Å². The molecule has 9 heteroatoms. The van der Waals surface area contributed by atoms with Crippen LogP contribution < -0.4 is 15.0 Å². The van der Waals surface area contributed by atoms with Crippen LogP contribution >= 0.6 is 47.2 Å². The average Bonchev–Trinajstić information content (AvgIpc) is 3.08. The summed E-state index contributed by atoms with van der Waals surface area (Å²) >= 11 is 18.6. The van der Waals surface area contributed by atoms with E-state index in [9.17, 15) is 9.59 Å². The topological polar surface area (TPSA) is 58.6 Å². The summed E-state index contributed by atoms with van der Waals surface area (Å²) in [5.74, 6) is 0.00602. The summed E-state index contributed by atoms with van der Waals surface area (Å²) in [6.45, 7) is 1.80. The smallest absolute Gasteiger partial charge is 0.270 e. The van der Waals surface area contributed by atoms with Crippen molar-refractivity contribution in [2.45, 2.75) is 6.92 Å². The number of carbonyl (C=O) groups is 2. The molecule has 1 fully saturated rings. The number of halogens is 2. The van der Waals surface area contributed by atoms with E-state index in [4.69, 9.17) is 40.2 Å². The molecule has 0 aromatic heterocycles. The minimum absolute atomic E-state index is 0.156. The quantitative estimate of drug-likeness (QED) is 0.284. The molecule has 1 saturated heterocycles. The Morgan fingerprint density at radius 3 is 2.47 bits per heavy atom. The van der Waals surface area contributed by atoms with Gasteiger partial charge in [0.1, 0.15) is 5.75 Å². The standard InChI is InChI=1S/C25H18Cl2N2O3S2/c1-15-2-7-18(8-3-15)29-24(31)22(34-25(29)33)12-16-4-9-19(10-5-16)32-14-23(30)28-21-11-6-17(26)13-20(21)27/h2-13H,14H2,1H3,(H,28,30)/b22-12-. The van der Waals surface area contributed by atoms with E-state index in [1.54, 1.807) is 36.4 Å². The number of rotatable bonds is 6. The molecule has 0 aliphatic carbocycles. The molecule has 0 saturated carbocycles. The molecule has 0 bridgehead atoms. The van der Waals surface area contributed by atoms with E-state index in [1.165, 1.54) is 16.7 Å². The minimum atomic E-state index is -0.354. The molecule has 0 spiro atoms. The Bertz CT molecular complexity index is 1290. The van der Waals surface area contributed by atoms with Crippen molar-refractivity contribution < 1.29 is 14.3 Å². The fraction of sp³-hybridized carbons (Fsp3) is 0.0800. The molecule has 4 rings (SSSR count). The lowest BCUT2D eigenvalue weighted by Gasteiger charge is -2.14. The Balaban J connectivity index is 1.37. The number of thiocarbonyl (C=S) groups is 1. The molecule has 1 aliphatic heterocycles. The van der Waals surface area contributed by atoms with Gasteiger partial charge in [-0.25, -0.2) is 0 Å². The lowest BCUT2D eigenvalue weighted by molar-refractivity contribution is -0.118. The highest BCUT2D eigenvalue weighted by Gasteiger charge is 2.33. The molecule has 1 N–H and O–H groups in total. The molecule has 2 amide bonds. The zero-order chi connectivity index (χ0) is 24.2. The second-order valence-electron chi connectivity index (χ2n) is 7.38. The van der Waals surface area contributed by atoms with E-state index in [2.05, 4.69) is 5.32 Å². The number of carbonyl (C=O) groups excluding carboxylic acids is 2. The Hall–Kier alpha value is -2.84. The SMILES string of the molecule is Cc1ccc(N2C(=O)/C(=C/c3ccc(OCC(=O)Nc4ccc(Cl)cc4Cl)cc3)SC2=S)cc1. The highest BCUT2D eigenvalue weighted by atomic mass is 35.5. The first-order valence-electron chi connectivity index (χ1n) is 10.1. The zero-order valence-electron chi connectivity index (χ0n) is 17.9. The maximum atomic E-state index is 12.9. The van der Waals surface area contributed by atoms with Crippen LogP contribution in [0.3, 0.4) is 0 Å². The Kier molecular flexibility index (Phi) is 7.58. The predicted molar refractivity (Wildman–Crippen MR) is 144 cm³/mol. The number of hydrogen-bond donors (Lipinski definition) is 1. The third-order valence-electron chi connectivity index (χ3n) is 4.84. The molecule has 172 valence electrons. The molecule has 0 unspecified atom stereocenters. The molecule has 0 atom stereocenters. The van der Waals surface area contributed by atoms with Crippen LogP contribution in [0, 0.1) is 6.92 Å². The van der Waals surface area contributed by atoms with Crippen molar-refractivity contribution >= 4 is 80.8 Å². The zero-order valence-corrected chi connectivity index (χ0v) is 21.0. The van der Waals surface area contributed by atoms with Gasteiger partial charge in [-0.1, -0.05) is 77.0 Å². The maximum absolute atomic E-state index is 12.9. The first kappa shape index (κ1) is 24.3. The highest BCUT2D eigenvalue weighted by molar-refractivity contribution is 8.27. The summed E-state index contributed by atoms with van der Waals surface area (Å²) in [5, 5.41) is 3.50. The van der Waals surface area contributed by atoms with Gasteiger partial charge in [0.05, 0.1) is 21.3 Å². The van der Waals surface area contributed by atoms with Gasteiger partial charge in [-0.2, -0.15) is 0 Å². The lowest BCUT2D eigenvalue weighted by Crippen LogP contribution is -2.27. The van der Waals surface area contributed by atoms with E-state index in [0.29, 0.717) is 30.7 Å². The second kappa shape index (κ2) is 10.6. The van der Waals surface area contributed by atoms with E-state index < -0.39 is 0 Å². The number of nitrogens with one attached hydrogen (secondary N) is 1. The Morgan fingerprint density at radius 1 is 1.09 bits per heavy atom. The third-order valence-corrected chi connectivity index (χ3v) is 6.69. The van der Waals surface area contributed by atoms with Gasteiger partial charge in [-0.3, -0.25) is 14.5 Å². The van der Waals surface area contributed by atoms with Gasteiger partial charge < -0.3 is 10.1 Å². The van der Waals surface area contributed by atoms with E-state index in [-0.39, 0.29) is 18.4 Å². The van der Waals surface area contributed by atoms with Crippen LogP contribution in [0.25, 0.3) is 6.08 Å². The summed E-state index contributed by atoms with van der Waals surface area (Å²) in [6, 6.07) is 19.5. The monoisotopic (exact) mass is 528 g/mol. The van der Waals surface area contributed by atoms with Crippen LogP contribution in [0.2, 0.25) is 10.0 Å². The van der Waals surface area contributed by atoms with E-state index in [1.807, 2.05) is 43.3 Å². The normalized spacial score (nSPS) is 14.6. The Labute approximate surface area is 216 Å². The summed E-state index contributed by atoms with van der Waals surface area (Å²) < 4.78 is 6.04. The minimum Gasteiger partial charge on any atom is -0.484 e. The van der Waals surface area contributed by atoms with Crippen LogP contribution in [0.4, 0.5) is 11.4 Å². The van der Waals surface area contributed by atoms with Crippen molar-refractivity contribution in [2.75, 3.05) is 16.8 Å². The molecule has 3 aromatic rings. The molecule has 0 radical (unpaired) electrons. The van der Waals surface area contributed by atoms with Crippen LogP contribution in [0.15, 0.2) is 71.6 Å². The van der Waals surface area contributed by atoms with Crippen LogP contribution in [0.5, 0.6) is 5.75 Å². The van der Waals surface area contributed by atoms with Crippen molar-refractivity contribution in [3.8, 4) is 5.75 Å². The van der Waals surface area contributed by atoms with Gasteiger partial charge in [-0.15, -0.1) is 0 Å². The first-order valence-corrected chi connectivity index (χ1v) is 12.1. The maximum Gasteiger partial charge on any atom is 0.270 e. The van der Waals surface area contributed by atoms with Gasteiger partial charge in [0.25, 0.3) is 11.8 Å². The summed E-state index contributed by atoms with van der Waals surface area (Å²) in [7, 11) is 0. The molecular formula is C25H18Cl2N2O3S2. The first-order chi connectivity index (χ1) is 16.3. The van der Waals surface area contributed by atoms with Crippen molar-refractivity contribution in [3.63, 3.8) is 0 Å². The summed E-state index contributed by atoms with van der Waals surface area (Å²) in [4.78, 5) is 27.1. The number of ether oxygens (including phenoxy) is 1. The van der Waals surface area contributed by atoms with Crippen molar-refractivity contribution in [3.05, 3.63) is 92.8 Å². The summed E-state index contributed by atoms with van der Waals surface area (Å²) in [5.41, 5.74) is 3.13. The predicted octanol–water partition coefficient (Wildman–Crippen LogP) is 6.73. The number of hydrogen-bond acceptors (Lipinski definition) is 5. The van der Waals surface area contributed by atoms with Gasteiger partial charge >= 0.3 is 0 Å². The van der Waals surface area contributed by atoms with Gasteiger partial charge in [0.15, 0.2) is 10.9 Å². The number of nitrogens with zero attached hydrogens (tertiary/aromatic N) is 1. The number of anilines is 2. The third kappa shape index (κ3) is 5.80. The molecule has 3 aromatic carbocycles. The van der Waals surface area contributed by atoms with Crippen LogP contribution in [-0.4, -0.2) is 22.7 Å².